The Morgan fingerprint density at radius 3 is 1.67 bits per heavy atom. The Morgan fingerprint density at radius 1 is 0.574 bits per heavy atom. The Morgan fingerprint density at radius 2 is 1.09 bits per heavy atom. The van der Waals surface area contributed by atoms with E-state index in [9.17, 15) is 0 Å². The average Bonchev–Trinajstić information content (AvgIpc) is 3.32. The summed E-state index contributed by atoms with van der Waals surface area (Å²) in [5.74, 6) is 1.59. The van der Waals surface area contributed by atoms with E-state index < -0.39 is 0 Å². The summed E-state index contributed by atoms with van der Waals surface area (Å²) in [6.45, 7) is 26.2. The molecule has 4 heterocycles. The van der Waals surface area contributed by atoms with Gasteiger partial charge in [0.1, 0.15) is 5.58 Å². The van der Waals surface area contributed by atoms with E-state index in [-0.39, 0.29) is 17.5 Å². The van der Waals surface area contributed by atoms with Crippen molar-refractivity contribution in [2.45, 2.75) is 93.4 Å². The molecule has 54 heavy (non-hydrogen) atoms. The monoisotopic (exact) mass is 714 g/mol. The highest BCUT2D eigenvalue weighted by Crippen LogP contribution is 2.51. The Balaban J connectivity index is 1.41. The molecule has 5 nitrogen and oxygen atoms in total. The van der Waals surface area contributed by atoms with E-state index in [1.807, 2.05) is 0 Å². The van der Waals surface area contributed by atoms with Crippen LogP contribution >= 0.6 is 0 Å². The molecule has 5 aromatic carbocycles. The van der Waals surface area contributed by atoms with Gasteiger partial charge in [0, 0.05) is 34.9 Å². The summed E-state index contributed by atoms with van der Waals surface area (Å²) in [6, 6.07) is 27.3. The maximum atomic E-state index is 7.11. The zero-order valence-corrected chi connectivity index (χ0v) is 33.7. The van der Waals surface area contributed by atoms with Crippen LogP contribution in [-0.4, -0.2) is 19.9 Å². The SMILES string of the molecule is Cc1cc2c3c(c1)N(c1c(C)cc(C(C)(C)C)cc1C)c1c(oc4ccccc14)B3c1cc3c(cc1N2c1c(C)cc(C(C)(C)C)cc1C)OCCCO3. The van der Waals surface area contributed by atoms with Gasteiger partial charge in [-0.2, -0.15) is 0 Å². The third-order valence-corrected chi connectivity index (χ3v) is 11.7. The van der Waals surface area contributed by atoms with Crippen LogP contribution in [0.15, 0.2) is 77.2 Å². The van der Waals surface area contributed by atoms with Crippen molar-refractivity contribution in [3.8, 4) is 11.5 Å². The molecular formula is C48H51BN2O3. The first-order valence-electron chi connectivity index (χ1n) is 19.5. The van der Waals surface area contributed by atoms with Crippen LogP contribution in [0.25, 0.3) is 11.0 Å². The van der Waals surface area contributed by atoms with Crippen LogP contribution < -0.4 is 35.9 Å². The molecule has 0 atom stereocenters. The molecule has 0 saturated carbocycles. The van der Waals surface area contributed by atoms with Gasteiger partial charge in [-0.25, -0.2) is 0 Å². The summed E-state index contributed by atoms with van der Waals surface area (Å²) in [5.41, 5.74) is 20.2. The van der Waals surface area contributed by atoms with Gasteiger partial charge in [0.15, 0.2) is 11.5 Å². The van der Waals surface area contributed by atoms with Crippen molar-refractivity contribution in [2.24, 2.45) is 0 Å². The lowest BCUT2D eigenvalue weighted by atomic mass is 9.35. The second kappa shape index (κ2) is 12.0. The lowest BCUT2D eigenvalue weighted by Gasteiger charge is -2.44. The number of fused-ring (bicyclic) bond motifs is 7. The average molecular weight is 715 g/mol. The van der Waals surface area contributed by atoms with Crippen LogP contribution in [0.2, 0.25) is 0 Å². The van der Waals surface area contributed by atoms with Crippen molar-refractivity contribution < 1.29 is 13.9 Å². The number of anilines is 6. The van der Waals surface area contributed by atoms with Crippen molar-refractivity contribution in [3.63, 3.8) is 0 Å². The number of ether oxygens (including phenoxy) is 2. The van der Waals surface area contributed by atoms with E-state index in [0.29, 0.717) is 13.2 Å². The Labute approximate surface area is 321 Å². The number of para-hydroxylation sites is 1. The summed E-state index contributed by atoms with van der Waals surface area (Å²) in [4.78, 5) is 5.03. The highest BCUT2D eigenvalue weighted by Gasteiger charge is 2.48. The van der Waals surface area contributed by atoms with Gasteiger partial charge >= 0.3 is 0 Å². The minimum absolute atomic E-state index is 0.0282. The fourth-order valence-corrected chi connectivity index (χ4v) is 9.18. The molecule has 0 N–H and O–H groups in total. The van der Waals surface area contributed by atoms with Gasteiger partial charge < -0.3 is 23.7 Å². The molecule has 9 rings (SSSR count). The predicted octanol–water partition coefficient (Wildman–Crippen LogP) is 10.8. The number of benzene rings is 5. The van der Waals surface area contributed by atoms with Gasteiger partial charge in [0.25, 0.3) is 6.71 Å². The highest BCUT2D eigenvalue weighted by molar-refractivity contribution is 7.00. The molecule has 6 aromatic rings. The molecule has 6 heteroatoms. The highest BCUT2D eigenvalue weighted by atomic mass is 16.5. The van der Waals surface area contributed by atoms with E-state index in [2.05, 4.69) is 159 Å². The number of hydrogen-bond acceptors (Lipinski definition) is 5. The van der Waals surface area contributed by atoms with E-state index in [1.165, 1.54) is 67.2 Å². The quantitative estimate of drug-likeness (QED) is 0.167. The Bertz CT molecular complexity index is 2490. The standard InChI is InChI=1S/C48H51BN2O3/c1-27-19-37-42-38(20-27)51(44-30(4)23-33(24-31(44)5)48(9,10)11)45-34-15-12-13-16-39(34)54-46(45)49(42)35-25-40-41(53-18-14-17-52-40)26-36(35)50(37)43-28(2)21-32(22-29(43)3)47(6,7)8/h12-13,15-16,19-26H,14,17-18H2,1-11H3. The van der Waals surface area contributed by atoms with Crippen LogP contribution in [0.3, 0.4) is 0 Å². The number of hydrogen-bond donors (Lipinski definition) is 0. The van der Waals surface area contributed by atoms with Crippen molar-refractivity contribution >= 4 is 68.4 Å². The molecule has 0 fully saturated rings. The van der Waals surface area contributed by atoms with Gasteiger partial charge in [-0.05, 0) is 126 Å². The maximum Gasteiger partial charge on any atom is 0.297 e. The minimum atomic E-state index is -0.165. The fraction of sp³-hybridized carbons (Fsp3) is 0.333. The normalized spacial score (nSPS) is 14.9. The van der Waals surface area contributed by atoms with Gasteiger partial charge in [0.05, 0.1) is 35.9 Å². The molecule has 274 valence electrons. The molecule has 0 radical (unpaired) electrons. The second-order valence-corrected chi connectivity index (χ2v) is 18.0. The lowest BCUT2D eigenvalue weighted by Crippen LogP contribution is -2.61. The van der Waals surface area contributed by atoms with Crippen molar-refractivity contribution in [3.05, 3.63) is 112 Å². The lowest BCUT2D eigenvalue weighted by molar-refractivity contribution is 0.297. The van der Waals surface area contributed by atoms with E-state index in [0.717, 1.165) is 51.4 Å². The molecule has 3 aliphatic heterocycles. The molecule has 1 aromatic heterocycles. The smallest absolute Gasteiger partial charge is 0.297 e. The Hall–Kier alpha value is -5.10. The van der Waals surface area contributed by atoms with Crippen LogP contribution in [-0.2, 0) is 10.8 Å². The van der Waals surface area contributed by atoms with Crippen molar-refractivity contribution in [2.75, 3.05) is 23.0 Å². The molecular weight excluding hydrogens is 663 g/mol. The molecule has 0 aliphatic carbocycles. The third-order valence-electron chi connectivity index (χ3n) is 11.7. The number of nitrogens with zero attached hydrogens (tertiary/aromatic N) is 2. The van der Waals surface area contributed by atoms with Gasteiger partial charge in [-0.15, -0.1) is 0 Å². The largest absolute Gasteiger partial charge is 0.490 e. The summed E-state index contributed by atoms with van der Waals surface area (Å²) < 4.78 is 20.0. The summed E-state index contributed by atoms with van der Waals surface area (Å²) in [7, 11) is 0. The van der Waals surface area contributed by atoms with E-state index >= 15 is 0 Å². The molecule has 3 aliphatic rings. The first kappa shape index (κ1) is 34.7. The van der Waals surface area contributed by atoms with Crippen molar-refractivity contribution in [1.29, 1.82) is 0 Å². The number of furan rings is 1. The molecule has 0 saturated heterocycles. The molecule has 0 spiro atoms. The molecule has 0 unspecified atom stereocenters. The van der Waals surface area contributed by atoms with Crippen LogP contribution in [0, 0.1) is 34.6 Å². The second-order valence-electron chi connectivity index (χ2n) is 18.0. The van der Waals surface area contributed by atoms with Gasteiger partial charge in [0.2, 0.25) is 0 Å². The first-order chi connectivity index (χ1) is 25.6. The molecule has 0 bridgehead atoms. The maximum absolute atomic E-state index is 7.11. The van der Waals surface area contributed by atoms with Crippen molar-refractivity contribution in [1.82, 2.24) is 0 Å². The third kappa shape index (κ3) is 5.20. The van der Waals surface area contributed by atoms with E-state index in [1.54, 1.807) is 0 Å². The Kier molecular flexibility index (Phi) is 7.67. The number of rotatable bonds is 2. The molecule has 0 amide bonds. The van der Waals surface area contributed by atoms with Crippen LogP contribution in [0.4, 0.5) is 34.1 Å². The van der Waals surface area contributed by atoms with Gasteiger partial charge in [-0.3, -0.25) is 0 Å². The van der Waals surface area contributed by atoms with Gasteiger partial charge in [-0.1, -0.05) is 77.9 Å². The fourth-order valence-electron chi connectivity index (χ4n) is 9.18. The number of aryl methyl sites for hydroxylation is 5. The first-order valence-corrected chi connectivity index (χ1v) is 19.5. The zero-order valence-electron chi connectivity index (χ0n) is 33.7. The van der Waals surface area contributed by atoms with Crippen LogP contribution in [0.1, 0.15) is 86.9 Å². The summed E-state index contributed by atoms with van der Waals surface area (Å²) in [6.07, 6.45) is 0.845. The summed E-state index contributed by atoms with van der Waals surface area (Å²) in [5, 5.41) is 1.11. The minimum Gasteiger partial charge on any atom is -0.490 e. The van der Waals surface area contributed by atoms with E-state index in [4.69, 9.17) is 13.9 Å². The summed E-state index contributed by atoms with van der Waals surface area (Å²) >= 11 is 0. The predicted molar refractivity (Wildman–Crippen MR) is 227 cm³/mol. The zero-order chi connectivity index (χ0) is 38.0. The topological polar surface area (TPSA) is 38.1 Å². The van der Waals surface area contributed by atoms with Crippen LogP contribution in [0.5, 0.6) is 11.5 Å².